The number of hydrogen-bond acceptors (Lipinski definition) is 3. The van der Waals surface area contributed by atoms with Crippen LogP contribution in [0.1, 0.15) is 19.8 Å². The summed E-state index contributed by atoms with van der Waals surface area (Å²) in [7, 11) is -2.91. The lowest BCUT2D eigenvalue weighted by atomic mass is 10.0. The average Bonchev–Trinajstić information content (AvgIpc) is 1.87. The van der Waals surface area contributed by atoms with Crippen LogP contribution in [0.25, 0.3) is 0 Å². The Morgan fingerprint density at radius 3 is 2.00 bits per heavy atom. The van der Waals surface area contributed by atoms with Crippen LogP contribution in [0.2, 0.25) is 0 Å². The van der Waals surface area contributed by atoms with Crippen LogP contribution in [-0.4, -0.2) is 32.6 Å². The van der Waals surface area contributed by atoms with Crippen LogP contribution in [0, 0.1) is 0 Å². The van der Waals surface area contributed by atoms with E-state index in [0.29, 0.717) is 26.1 Å². The minimum atomic E-state index is -2.91. The number of ether oxygens (including phenoxy) is 1. The lowest BCUT2D eigenvalue weighted by Gasteiger charge is -2.31. The SMILES string of the molecule is CC1(S(C)(=O)=O)CCOCC1. The molecule has 0 unspecified atom stereocenters. The molecule has 0 N–H and O–H groups in total. The van der Waals surface area contributed by atoms with E-state index in [1.54, 1.807) is 6.92 Å². The smallest absolute Gasteiger partial charge is 0.153 e. The first kappa shape index (κ1) is 9.00. The molecule has 1 saturated heterocycles. The van der Waals surface area contributed by atoms with Crippen LogP contribution in [0.4, 0.5) is 0 Å². The molecule has 1 heterocycles. The maximum absolute atomic E-state index is 11.3. The van der Waals surface area contributed by atoms with Crippen molar-refractivity contribution in [3.63, 3.8) is 0 Å². The van der Waals surface area contributed by atoms with Crippen molar-refractivity contribution < 1.29 is 13.2 Å². The Morgan fingerprint density at radius 2 is 1.73 bits per heavy atom. The van der Waals surface area contributed by atoms with E-state index >= 15 is 0 Å². The zero-order valence-electron chi connectivity index (χ0n) is 6.96. The third kappa shape index (κ3) is 1.73. The van der Waals surface area contributed by atoms with Crippen LogP contribution in [-0.2, 0) is 14.6 Å². The van der Waals surface area contributed by atoms with Crippen molar-refractivity contribution in [2.75, 3.05) is 19.5 Å². The van der Waals surface area contributed by atoms with Gasteiger partial charge in [0.15, 0.2) is 9.84 Å². The molecule has 1 aliphatic heterocycles. The lowest BCUT2D eigenvalue weighted by Crippen LogP contribution is -2.40. The maximum atomic E-state index is 11.3. The van der Waals surface area contributed by atoms with Crippen LogP contribution in [0.15, 0.2) is 0 Å². The van der Waals surface area contributed by atoms with E-state index < -0.39 is 14.6 Å². The van der Waals surface area contributed by atoms with Crippen molar-refractivity contribution >= 4 is 9.84 Å². The zero-order valence-corrected chi connectivity index (χ0v) is 7.78. The number of rotatable bonds is 1. The van der Waals surface area contributed by atoms with Gasteiger partial charge >= 0.3 is 0 Å². The molecule has 0 bridgehead atoms. The Bertz CT molecular complexity index is 224. The summed E-state index contributed by atoms with van der Waals surface area (Å²) in [6.07, 6.45) is 2.57. The first-order chi connectivity index (χ1) is 4.96. The molecule has 0 radical (unpaired) electrons. The van der Waals surface area contributed by atoms with Gasteiger partial charge in [-0.2, -0.15) is 0 Å². The fourth-order valence-corrected chi connectivity index (χ4v) is 2.08. The van der Waals surface area contributed by atoms with Crippen molar-refractivity contribution in [1.29, 1.82) is 0 Å². The second-order valence-corrected chi connectivity index (χ2v) is 5.86. The summed E-state index contributed by atoms with van der Waals surface area (Å²) in [5, 5.41) is 0. The molecular formula is C7H14O3S. The predicted octanol–water partition coefficient (Wildman–Crippen LogP) is 0.600. The second kappa shape index (κ2) is 2.75. The highest BCUT2D eigenvalue weighted by atomic mass is 32.2. The van der Waals surface area contributed by atoms with E-state index in [2.05, 4.69) is 0 Å². The summed E-state index contributed by atoms with van der Waals surface area (Å²) >= 11 is 0. The monoisotopic (exact) mass is 178 g/mol. The molecule has 4 heteroatoms. The molecule has 0 atom stereocenters. The number of sulfone groups is 1. The van der Waals surface area contributed by atoms with E-state index in [1.807, 2.05) is 0 Å². The molecule has 0 saturated carbocycles. The van der Waals surface area contributed by atoms with Gasteiger partial charge in [0.05, 0.1) is 4.75 Å². The van der Waals surface area contributed by atoms with Gasteiger partial charge in [0.2, 0.25) is 0 Å². The second-order valence-electron chi connectivity index (χ2n) is 3.33. The summed E-state index contributed by atoms with van der Waals surface area (Å²) in [6.45, 7) is 2.94. The van der Waals surface area contributed by atoms with Crippen molar-refractivity contribution in [3.8, 4) is 0 Å². The van der Waals surface area contributed by atoms with Crippen molar-refractivity contribution in [2.45, 2.75) is 24.5 Å². The minimum Gasteiger partial charge on any atom is -0.381 e. The topological polar surface area (TPSA) is 43.4 Å². The van der Waals surface area contributed by atoms with Gasteiger partial charge in [0, 0.05) is 19.5 Å². The molecule has 0 amide bonds. The van der Waals surface area contributed by atoms with Gasteiger partial charge in [-0.15, -0.1) is 0 Å². The average molecular weight is 178 g/mol. The molecule has 0 aromatic carbocycles. The Kier molecular flexibility index (Phi) is 2.25. The zero-order chi connectivity index (χ0) is 8.54. The molecule has 0 aromatic heterocycles. The molecule has 1 aliphatic rings. The Hall–Kier alpha value is -0.0900. The lowest BCUT2D eigenvalue weighted by molar-refractivity contribution is 0.0791. The maximum Gasteiger partial charge on any atom is 0.153 e. The Balaban J connectivity index is 2.81. The van der Waals surface area contributed by atoms with E-state index in [9.17, 15) is 8.42 Å². The van der Waals surface area contributed by atoms with E-state index in [1.165, 1.54) is 6.26 Å². The molecule has 1 fully saturated rings. The first-order valence-corrected chi connectivity index (χ1v) is 5.62. The third-order valence-electron chi connectivity index (χ3n) is 2.45. The van der Waals surface area contributed by atoms with Crippen LogP contribution in [0.5, 0.6) is 0 Å². The molecule has 11 heavy (non-hydrogen) atoms. The van der Waals surface area contributed by atoms with Gasteiger partial charge in [-0.05, 0) is 19.8 Å². The Morgan fingerprint density at radius 1 is 1.27 bits per heavy atom. The summed E-state index contributed by atoms with van der Waals surface area (Å²) < 4.78 is 27.1. The summed E-state index contributed by atoms with van der Waals surface area (Å²) in [4.78, 5) is 0. The molecule has 3 nitrogen and oxygen atoms in total. The minimum absolute atomic E-state index is 0.536. The van der Waals surface area contributed by atoms with Gasteiger partial charge in [0.25, 0.3) is 0 Å². The molecule has 0 aliphatic carbocycles. The highest BCUT2D eigenvalue weighted by molar-refractivity contribution is 7.92. The third-order valence-corrected chi connectivity index (χ3v) is 4.64. The molecular weight excluding hydrogens is 164 g/mol. The van der Waals surface area contributed by atoms with Crippen molar-refractivity contribution in [3.05, 3.63) is 0 Å². The van der Waals surface area contributed by atoms with E-state index in [0.717, 1.165) is 0 Å². The largest absolute Gasteiger partial charge is 0.381 e. The van der Waals surface area contributed by atoms with E-state index in [-0.39, 0.29) is 0 Å². The predicted molar refractivity (Wildman–Crippen MR) is 43.3 cm³/mol. The Labute approximate surface area is 67.7 Å². The highest BCUT2D eigenvalue weighted by Crippen LogP contribution is 2.27. The first-order valence-electron chi connectivity index (χ1n) is 3.73. The van der Waals surface area contributed by atoms with Crippen LogP contribution < -0.4 is 0 Å². The fraction of sp³-hybridized carbons (Fsp3) is 1.00. The summed E-state index contributed by atoms with van der Waals surface area (Å²) in [6, 6.07) is 0. The van der Waals surface area contributed by atoms with Gasteiger partial charge in [-0.3, -0.25) is 0 Å². The van der Waals surface area contributed by atoms with E-state index in [4.69, 9.17) is 4.74 Å². The quantitative estimate of drug-likeness (QED) is 0.590. The highest BCUT2D eigenvalue weighted by Gasteiger charge is 2.37. The fourth-order valence-electron chi connectivity index (χ4n) is 1.17. The summed E-state index contributed by atoms with van der Waals surface area (Å²) in [5.74, 6) is 0. The van der Waals surface area contributed by atoms with Crippen molar-refractivity contribution in [2.24, 2.45) is 0 Å². The van der Waals surface area contributed by atoms with Gasteiger partial charge in [-0.25, -0.2) is 8.42 Å². The molecule has 66 valence electrons. The van der Waals surface area contributed by atoms with Gasteiger partial charge in [-0.1, -0.05) is 0 Å². The van der Waals surface area contributed by atoms with Gasteiger partial charge in [0.1, 0.15) is 0 Å². The van der Waals surface area contributed by atoms with Gasteiger partial charge < -0.3 is 4.74 Å². The standard InChI is InChI=1S/C7H14O3S/c1-7(11(2,8)9)3-5-10-6-4-7/h3-6H2,1-2H3. The van der Waals surface area contributed by atoms with Crippen LogP contribution in [0.3, 0.4) is 0 Å². The van der Waals surface area contributed by atoms with Crippen LogP contribution >= 0.6 is 0 Å². The van der Waals surface area contributed by atoms with Crippen molar-refractivity contribution in [1.82, 2.24) is 0 Å². The normalized spacial score (nSPS) is 24.9. The summed E-state index contributed by atoms with van der Waals surface area (Å²) in [5.41, 5.74) is 0. The molecule has 0 spiro atoms. The molecule has 1 rings (SSSR count). The number of hydrogen-bond donors (Lipinski definition) is 0. The molecule has 0 aromatic rings.